The third kappa shape index (κ3) is 2.24. The average molecular weight is 165 g/mol. The van der Waals surface area contributed by atoms with Crippen molar-refractivity contribution in [1.29, 1.82) is 0 Å². The highest BCUT2D eigenvalue weighted by Crippen LogP contribution is 2.33. The normalized spacial score (nSPS) is 22.6. The van der Waals surface area contributed by atoms with E-state index in [4.69, 9.17) is 10.3 Å². The second-order valence-corrected chi connectivity index (χ2v) is 4.37. The Bertz CT molecular complexity index is 207. The molecule has 0 aromatic rings. The van der Waals surface area contributed by atoms with Crippen LogP contribution in [0, 0.1) is 5.92 Å². The molecule has 0 radical (unpaired) electrons. The van der Waals surface area contributed by atoms with E-state index in [1.54, 1.807) is 0 Å². The van der Waals surface area contributed by atoms with E-state index in [9.17, 15) is 8.42 Å². The Morgan fingerprint density at radius 3 is 2.40 bits per heavy atom. The molecule has 0 saturated heterocycles. The lowest BCUT2D eigenvalue weighted by atomic mass is 10.3. The molecule has 0 heterocycles. The minimum absolute atomic E-state index is 0.402. The number of hydrogen-bond donors (Lipinski definition) is 2. The maximum atomic E-state index is 10.3. The summed E-state index contributed by atoms with van der Waals surface area (Å²) in [7, 11) is -3.98. The Morgan fingerprint density at radius 2 is 2.10 bits per heavy atom. The molecule has 10 heavy (non-hydrogen) atoms. The summed E-state index contributed by atoms with van der Waals surface area (Å²) in [5.41, 5.74) is 5.15. The molecule has 1 aliphatic carbocycles. The fourth-order valence-corrected chi connectivity index (χ4v) is 1.32. The van der Waals surface area contributed by atoms with E-state index in [-0.39, 0.29) is 0 Å². The van der Waals surface area contributed by atoms with Crippen molar-refractivity contribution in [1.82, 2.24) is 0 Å². The van der Waals surface area contributed by atoms with Gasteiger partial charge in [-0.05, 0) is 12.3 Å². The quantitative estimate of drug-likeness (QED) is 0.575. The molecule has 0 aromatic carbocycles. The third-order valence-electron chi connectivity index (χ3n) is 1.65. The molecule has 1 aliphatic rings. The fourth-order valence-electron chi connectivity index (χ4n) is 0.804. The van der Waals surface area contributed by atoms with Crippen LogP contribution in [-0.2, 0) is 10.1 Å². The van der Waals surface area contributed by atoms with E-state index in [1.807, 2.05) is 0 Å². The second-order valence-electron chi connectivity index (χ2n) is 2.73. The van der Waals surface area contributed by atoms with Crippen molar-refractivity contribution in [3.63, 3.8) is 0 Å². The van der Waals surface area contributed by atoms with Crippen molar-refractivity contribution < 1.29 is 13.0 Å². The zero-order valence-corrected chi connectivity index (χ0v) is 6.34. The van der Waals surface area contributed by atoms with Gasteiger partial charge in [-0.3, -0.25) is 4.55 Å². The van der Waals surface area contributed by atoms with Gasteiger partial charge in [-0.15, -0.1) is 0 Å². The van der Waals surface area contributed by atoms with Crippen LogP contribution in [0.15, 0.2) is 0 Å². The highest BCUT2D eigenvalue weighted by atomic mass is 32.2. The standard InChI is InChI=1S/C5H11NO3S/c6-5(10(7,8)9)3-4-1-2-4/h4-5H,1-3,6H2,(H,7,8,9). The topological polar surface area (TPSA) is 80.4 Å². The first-order valence-corrected chi connectivity index (χ1v) is 4.72. The van der Waals surface area contributed by atoms with E-state index < -0.39 is 15.5 Å². The van der Waals surface area contributed by atoms with Gasteiger partial charge < -0.3 is 5.73 Å². The van der Waals surface area contributed by atoms with Gasteiger partial charge in [0.05, 0.1) is 0 Å². The zero-order chi connectivity index (χ0) is 7.78. The van der Waals surface area contributed by atoms with Crippen LogP contribution in [0.3, 0.4) is 0 Å². The smallest absolute Gasteiger partial charge is 0.280 e. The molecule has 0 aromatic heterocycles. The van der Waals surface area contributed by atoms with Gasteiger partial charge in [0.2, 0.25) is 0 Å². The van der Waals surface area contributed by atoms with Crippen LogP contribution < -0.4 is 5.73 Å². The summed E-state index contributed by atoms with van der Waals surface area (Å²) in [5.74, 6) is 0.428. The number of rotatable bonds is 3. The lowest BCUT2D eigenvalue weighted by Gasteiger charge is -2.04. The summed E-state index contributed by atoms with van der Waals surface area (Å²) in [6, 6.07) is 0. The predicted octanol–water partition coefficient (Wildman–Crippen LogP) is -0.0409. The summed E-state index contributed by atoms with van der Waals surface area (Å²) < 4.78 is 29.1. The molecule has 0 bridgehead atoms. The zero-order valence-electron chi connectivity index (χ0n) is 5.53. The van der Waals surface area contributed by atoms with Crippen LogP contribution in [0.25, 0.3) is 0 Å². The van der Waals surface area contributed by atoms with Gasteiger partial charge >= 0.3 is 0 Å². The van der Waals surface area contributed by atoms with Crippen LogP contribution in [0.2, 0.25) is 0 Å². The van der Waals surface area contributed by atoms with E-state index in [0.29, 0.717) is 12.3 Å². The van der Waals surface area contributed by atoms with E-state index in [1.165, 1.54) is 0 Å². The third-order valence-corrected chi connectivity index (χ3v) is 2.60. The summed E-state index contributed by atoms with van der Waals surface area (Å²) in [6.07, 6.45) is 2.49. The van der Waals surface area contributed by atoms with Gasteiger partial charge in [-0.25, -0.2) is 0 Å². The monoisotopic (exact) mass is 165 g/mol. The molecular formula is C5H11NO3S. The van der Waals surface area contributed by atoms with Crippen LogP contribution in [0.1, 0.15) is 19.3 Å². The molecule has 0 amide bonds. The highest BCUT2D eigenvalue weighted by molar-refractivity contribution is 7.86. The molecule has 1 saturated carbocycles. The minimum Gasteiger partial charge on any atom is -0.313 e. The van der Waals surface area contributed by atoms with Gasteiger partial charge in [0.1, 0.15) is 5.37 Å². The van der Waals surface area contributed by atoms with Crippen molar-refractivity contribution in [3.05, 3.63) is 0 Å². The van der Waals surface area contributed by atoms with E-state index >= 15 is 0 Å². The summed E-state index contributed by atoms with van der Waals surface area (Å²) in [5, 5.41) is -1.07. The molecular weight excluding hydrogens is 154 g/mol. The van der Waals surface area contributed by atoms with Crippen LogP contribution in [0.4, 0.5) is 0 Å². The molecule has 1 unspecified atom stereocenters. The Labute approximate surface area is 60.2 Å². The molecule has 0 spiro atoms. The van der Waals surface area contributed by atoms with Gasteiger partial charge in [0.25, 0.3) is 10.1 Å². The molecule has 60 valence electrons. The maximum Gasteiger partial charge on any atom is 0.280 e. The molecule has 3 N–H and O–H groups in total. The van der Waals surface area contributed by atoms with Crippen LogP contribution in [-0.4, -0.2) is 18.3 Å². The molecule has 4 nitrogen and oxygen atoms in total. The van der Waals surface area contributed by atoms with Crippen molar-refractivity contribution in [3.8, 4) is 0 Å². The van der Waals surface area contributed by atoms with E-state index in [0.717, 1.165) is 12.8 Å². The Morgan fingerprint density at radius 1 is 1.60 bits per heavy atom. The average Bonchev–Trinajstić information content (AvgIpc) is 2.47. The van der Waals surface area contributed by atoms with Crippen molar-refractivity contribution in [2.45, 2.75) is 24.6 Å². The second kappa shape index (κ2) is 2.48. The highest BCUT2D eigenvalue weighted by Gasteiger charge is 2.29. The van der Waals surface area contributed by atoms with Gasteiger partial charge in [-0.2, -0.15) is 8.42 Å². The summed E-state index contributed by atoms with van der Waals surface area (Å²) >= 11 is 0. The van der Waals surface area contributed by atoms with Crippen molar-refractivity contribution >= 4 is 10.1 Å². The first-order chi connectivity index (χ1) is 4.50. The minimum atomic E-state index is -3.98. The maximum absolute atomic E-state index is 10.3. The SMILES string of the molecule is NC(CC1CC1)S(=O)(=O)O. The number of nitrogens with two attached hydrogens (primary N) is 1. The first kappa shape index (κ1) is 7.97. The van der Waals surface area contributed by atoms with Gasteiger partial charge in [0.15, 0.2) is 0 Å². The predicted molar refractivity (Wildman–Crippen MR) is 36.9 cm³/mol. The van der Waals surface area contributed by atoms with Crippen molar-refractivity contribution in [2.24, 2.45) is 11.7 Å². The van der Waals surface area contributed by atoms with Gasteiger partial charge in [-0.1, -0.05) is 12.8 Å². The first-order valence-electron chi connectivity index (χ1n) is 3.22. The van der Waals surface area contributed by atoms with Crippen LogP contribution in [0.5, 0.6) is 0 Å². The number of hydrogen-bond acceptors (Lipinski definition) is 3. The molecule has 1 atom stereocenters. The van der Waals surface area contributed by atoms with Crippen molar-refractivity contribution in [2.75, 3.05) is 0 Å². The lowest BCUT2D eigenvalue weighted by Crippen LogP contribution is -2.30. The van der Waals surface area contributed by atoms with Gasteiger partial charge in [0, 0.05) is 0 Å². The Hall–Kier alpha value is -0.130. The lowest BCUT2D eigenvalue weighted by molar-refractivity contribution is 0.459. The molecule has 1 rings (SSSR count). The molecule has 0 aliphatic heterocycles. The molecule has 1 fully saturated rings. The van der Waals surface area contributed by atoms with E-state index in [2.05, 4.69) is 0 Å². The summed E-state index contributed by atoms with van der Waals surface area (Å²) in [6.45, 7) is 0. The van der Waals surface area contributed by atoms with Crippen LogP contribution >= 0.6 is 0 Å². The Balaban J connectivity index is 2.40. The molecule has 5 heteroatoms. The summed E-state index contributed by atoms with van der Waals surface area (Å²) in [4.78, 5) is 0. The fraction of sp³-hybridized carbons (Fsp3) is 1.00. The largest absolute Gasteiger partial charge is 0.313 e. The Kier molecular flexibility index (Phi) is 1.98.